The van der Waals surface area contributed by atoms with E-state index in [1.165, 1.54) is 23.5 Å². The van der Waals surface area contributed by atoms with Gasteiger partial charge in [0.1, 0.15) is 14.6 Å². The van der Waals surface area contributed by atoms with E-state index in [1.54, 1.807) is 6.07 Å². The number of nitro benzene ring substituents is 1. The topological polar surface area (TPSA) is 115 Å². The number of primary amides is 1. The minimum absolute atomic E-state index is 0.105. The number of non-ortho nitro benzene ring substituents is 1. The number of nitrogens with two attached hydrogens (primary N) is 1. The average Bonchev–Trinajstić information content (AvgIpc) is 3.27. The van der Waals surface area contributed by atoms with Crippen LogP contribution >= 0.6 is 34.3 Å². The van der Waals surface area contributed by atoms with Crippen LogP contribution in [-0.4, -0.2) is 16.7 Å². The van der Waals surface area contributed by atoms with Gasteiger partial charge in [0.25, 0.3) is 17.5 Å². The highest BCUT2D eigenvalue weighted by Gasteiger charge is 2.28. The molecule has 2 aromatic heterocycles. The molecule has 0 saturated heterocycles. The molecular formula is C17H12ClN3O4S2. The number of anilines is 1. The Hall–Kier alpha value is -2.49. The standard InChI is InChI=1S/C17H12ClN3O4S2/c18-12-8-4-1-5-9(21(24)25)13(8)27-14(12)16(23)20-17-11(15(19)22)7-3-2-6-10(7)26-17/h1,4-5H,2-3,6H2,(H2,19,22)(H,20,23). The molecule has 1 aliphatic carbocycles. The highest BCUT2D eigenvalue weighted by atomic mass is 35.5. The number of amides is 2. The van der Waals surface area contributed by atoms with Crippen LogP contribution < -0.4 is 11.1 Å². The second kappa shape index (κ2) is 6.59. The maximum atomic E-state index is 12.8. The lowest BCUT2D eigenvalue weighted by atomic mass is 10.1. The molecule has 1 aromatic carbocycles. The third kappa shape index (κ3) is 2.88. The van der Waals surface area contributed by atoms with Crippen molar-refractivity contribution in [2.45, 2.75) is 19.3 Å². The Morgan fingerprint density at radius 1 is 1.26 bits per heavy atom. The van der Waals surface area contributed by atoms with Crippen molar-refractivity contribution in [3.8, 4) is 0 Å². The molecule has 0 bridgehead atoms. The predicted octanol–water partition coefficient (Wildman–Crippen LogP) is 4.36. The molecule has 2 heterocycles. The Morgan fingerprint density at radius 2 is 2.04 bits per heavy atom. The van der Waals surface area contributed by atoms with Gasteiger partial charge in [0, 0.05) is 16.3 Å². The number of benzene rings is 1. The van der Waals surface area contributed by atoms with Gasteiger partial charge in [-0.1, -0.05) is 23.7 Å². The number of hydrogen-bond donors (Lipinski definition) is 2. The van der Waals surface area contributed by atoms with Gasteiger partial charge in [0.15, 0.2) is 0 Å². The van der Waals surface area contributed by atoms with Crippen molar-refractivity contribution in [3.05, 3.63) is 54.2 Å². The number of nitro groups is 1. The van der Waals surface area contributed by atoms with Crippen LogP contribution in [-0.2, 0) is 12.8 Å². The fourth-order valence-electron chi connectivity index (χ4n) is 3.28. The molecule has 0 saturated carbocycles. The Balaban J connectivity index is 1.75. The van der Waals surface area contributed by atoms with Crippen molar-refractivity contribution < 1.29 is 14.5 Å². The molecule has 1 aliphatic rings. The molecule has 138 valence electrons. The van der Waals surface area contributed by atoms with Gasteiger partial charge in [0.05, 0.1) is 15.5 Å². The first kappa shape index (κ1) is 17.9. The van der Waals surface area contributed by atoms with E-state index >= 15 is 0 Å². The number of nitrogens with zero attached hydrogens (tertiary/aromatic N) is 1. The number of thiophene rings is 2. The Morgan fingerprint density at radius 3 is 2.74 bits per heavy atom. The summed E-state index contributed by atoms with van der Waals surface area (Å²) in [7, 11) is 0. The second-order valence-corrected chi connectivity index (χ2v) is 8.54. The van der Waals surface area contributed by atoms with E-state index in [0.29, 0.717) is 20.7 Å². The van der Waals surface area contributed by atoms with Crippen LogP contribution in [0.25, 0.3) is 10.1 Å². The van der Waals surface area contributed by atoms with E-state index in [0.717, 1.165) is 41.0 Å². The molecule has 3 aromatic rings. The van der Waals surface area contributed by atoms with Crippen molar-refractivity contribution in [1.29, 1.82) is 0 Å². The minimum atomic E-state index is -0.581. The third-order valence-electron chi connectivity index (χ3n) is 4.43. The highest BCUT2D eigenvalue weighted by molar-refractivity contribution is 7.22. The number of aryl methyl sites for hydroxylation is 1. The number of fused-ring (bicyclic) bond motifs is 2. The van der Waals surface area contributed by atoms with Gasteiger partial charge >= 0.3 is 0 Å². The van der Waals surface area contributed by atoms with Crippen LogP contribution in [0.2, 0.25) is 5.02 Å². The van der Waals surface area contributed by atoms with E-state index in [4.69, 9.17) is 17.3 Å². The summed E-state index contributed by atoms with van der Waals surface area (Å²) in [6.07, 6.45) is 2.57. The molecule has 0 unspecified atom stereocenters. The first-order valence-electron chi connectivity index (χ1n) is 7.99. The van der Waals surface area contributed by atoms with Crippen LogP contribution in [0, 0.1) is 10.1 Å². The van der Waals surface area contributed by atoms with Crippen LogP contribution in [0.3, 0.4) is 0 Å². The van der Waals surface area contributed by atoms with Crippen molar-refractivity contribution >= 4 is 66.9 Å². The lowest BCUT2D eigenvalue weighted by Crippen LogP contribution is -2.17. The molecule has 10 heteroatoms. The van der Waals surface area contributed by atoms with Crippen LogP contribution in [0.4, 0.5) is 10.7 Å². The van der Waals surface area contributed by atoms with Crippen molar-refractivity contribution in [3.63, 3.8) is 0 Å². The Kier molecular flexibility index (Phi) is 4.37. The zero-order valence-corrected chi connectivity index (χ0v) is 16.1. The van der Waals surface area contributed by atoms with E-state index in [2.05, 4.69) is 5.32 Å². The minimum Gasteiger partial charge on any atom is -0.365 e. The number of carbonyl (C=O) groups is 2. The molecule has 3 N–H and O–H groups in total. The van der Waals surface area contributed by atoms with Crippen LogP contribution in [0.15, 0.2) is 18.2 Å². The lowest BCUT2D eigenvalue weighted by Gasteiger charge is -2.05. The summed E-state index contributed by atoms with van der Waals surface area (Å²) in [6, 6.07) is 4.52. The smallest absolute Gasteiger partial charge is 0.287 e. The Bertz CT molecular complexity index is 1140. The number of carbonyl (C=O) groups excluding carboxylic acids is 2. The summed E-state index contributed by atoms with van der Waals surface area (Å²) < 4.78 is 0.335. The van der Waals surface area contributed by atoms with Crippen LogP contribution in [0.1, 0.15) is 36.9 Å². The van der Waals surface area contributed by atoms with Crippen molar-refractivity contribution in [2.75, 3.05) is 5.32 Å². The molecule has 0 spiro atoms. The van der Waals surface area contributed by atoms with Crippen LogP contribution in [0.5, 0.6) is 0 Å². The molecule has 7 nitrogen and oxygen atoms in total. The van der Waals surface area contributed by atoms with E-state index in [-0.39, 0.29) is 15.6 Å². The normalized spacial score (nSPS) is 12.9. The van der Waals surface area contributed by atoms with E-state index < -0.39 is 16.7 Å². The first-order valence-corrected chi connectivity index (χ1v) is 10.0. The maximum absolute atomic E-state index is 12.8. The molecule has 27 heavy (non-hydrogen) atoms. The van der Waals surface area contributed by atoms with Gasteiger partial charge in [-0.05, 0) is 24.8 Å². The molecule has 2 amide bonds. The van der Waals surface area contributed by atoms with E-state index in [9.17, 15) is 19.7 Å². The van der Waals surface area contributed by atoms with Gasteiger partial charge in [-0.15, -0.1) is 22.7 Å². The average molecular weight is 422 g/mol. The zero-order chi connectivity index (χ0) is 19.3. The fourth-order valence-corrected chi connectivity index (χ4v) is 6.06. The predicted molar refractivity (Wildman–Crippen MR) is 106 cm³/mol. The van der Waals surface area contributed by atoms with E-state index in [1.807, 2.05) is 0 Å². The summed E-state index contributed by atoms with van der Waals surface area (Å²) in [6.45, 7) is 0. The summed E-state index contributed by atoms with van der Waals surface area (Å²) in [5.41, 5.74) is 6.66. The second-order valence-electron chi connectivity index (χ2n) is 6.04. The van der Waals surface area contributed by atoms with Crippen molar-refractivity contribution in [2.24, 2.45) is 5.73 Å². The van der Waals surface area contributed by atoms with Crippen molar-refractivity contribution in [1.82, 2.24) is 0 Å². The summed E-state index contributed by atoms with van der Waals surface area (Å²) >= 11 is 8.61. The van der Waals surface area contributed by atoms with Gasteiger partial charge in [-0.3, -0.25) is 19.7 Å². The highest BCUT2D eigenvalue weighted by Crippen LogP contribution is 2.42. The fraction of sp³-hybridized carbons (Fsp3) is 0.176. The number of nitrogens with one attached hydrogen (secondary N) is 1. The Labute approximate surface area is 165 Å². The molecule has 0 radical (unpaired) electrons. The largest absolute Gasteiger partial charge is 0.365 e. The molecule has 0 aliphatic heterocycles. The molecule has 0 atom stereocenters. The van der Waals surface area contributed by atoms with Gasteiger partial charge in [0.2, 0.25) is 0 Å². The van der Waals surface area contributed by atoms with Gasteiger partial charge < -0.3 is 11.1 Å². The van der Waals surface area contributed by atoms with Gasteiger partial charge in [-0.25, -0.2) is 0 Å². The molecule has 4 rings (SSSR count). The number of rotatable bonds is 4. The molecule has 0 fully saturated rings. The molecular weight excluding hydrogens is 410 g/mol. The zero-order valence-electron chi connectivity index (χ0n) is 13.7. The summed E-state index contributed by atoms with van der Waals surface area (Å²) in [5, 5.41) is 14.9. The SMILES string of the molecule is NC(=O)c1c(NC(=O)c2sc3c([N+](=O)[O-])cccc3c2Cl)sc2c1CCC2. The maximum Gasteiger partial charge on any atom is 0.287 e. The quantitative estimate of drug-likeness (QED) is 0.480. The summed E-state index contributed by atoms with van der Waals surface area (Å²) in [5.74, 6) is -1.10. The monoisotopic (exact) mass is 421 g/mol. The first-order chi connectivity index (χ1) is 12.9. The lowest BCUT2D eigenvalue weighted by molar-refractivity contribution is -0.382. The number of hydrogen-bond acceptors (Lipinski definition) is 6. The number of halogens is 1. The van der Waals surface area contributed by atoms with Gasteiger partial charge in [-0.2, -0.15) is 0 Å². The third-order valence-corrected chi connectivity index (χ3v) is 7.37. The summed E-state index contributed by atoms with van der Waals surface area (Å²) in [4.78, 5) is 36.6.